The molecule has 27 heavy (non-hydrogen) atoms. The molecule has 2 N–H and O–H groups in total. The Bertz CT molecular complexity index is 833. The fourth-order valence-corrected chi connectivity index (χ4v) is 2.73. The molecule has 1 atom stereocenters. The van der Waals surface area contributed by atoms with E-state index >= 15 is 0 Å². The van der Waals surface area contributed by atoms with E-state index in [0.29, 0.717) is 35.9 Å². The lowest BCUT2D eigenvalue weighted by molar-refractivity contribution is 0.0696. The minimum Gasteiger partial charge on any atom is -0.478 e. The zero-order valence-electron chi connectivity index (χ0n) is 14.8. The van der Waals surface area contributed by atoms with Crippen LogP contribution in [0.5, 0.6) is 5.88 Å². The van der Waals surface area contributed by atoms with Crippen LogP contribution in [0.1, 0.15) is 32.7 Å². The van der Waals surface area contributed by atoms with Gasteiger partial charge in [-0.05, 0) is 29.8 Å². The zero-order chi connectivity index (χ0) is 19.2. The molecule has 1 aromatic carbocycles. The number of benzene rings is 1. The normalized spacial score (nSPS) is 16.1. The van der Waals surface area contributed by atoms with Gasteiger partial charge in [0.2, 0.25) is 5.88 Å². The molecule has 1 saturated heterocycles. The predicted molar refractivity (Wildman–Crippen MR) is 96.2 cm³/mol. The Morgan fingerprint density at radius 1 is 1.30 bits per heavy atom. The summed E-state index contributed by atoms with van der Waals surface area (Å²) in [5.74, 6) is -1.13. The van der Waals surface area contributed by atoms with E-state index in [9.17, 15) is 14.7 Å². The minimum absolute atomic E-state index is 0.0693. The molecule has 1 aliphatic heterocycles. The molecular formula is C19H20N2O6. The first-order valence-corrected chi connectivity index (χ1v) is 8.43. The van der Waals surface area contributed by atoms with E-state index in [0.717, 1.165) is 6.42 Å². The Labute approximate surface area is 156 Å². The third-order valence-corrected chi connectivity index (χ3v) is 3.98. The SMILES string of the molecule is COCc1cc(NC(=O)c2ccnc(OC3CCOC3)c2)cc(C(=O)O)c1. The third kappa shape index (κ3) is 5.02. The van der Waals surface area contributed by atoms with Crippen molar-refractivity contribution in [2.75, 3.05) is 25.6 Å². The molecule has 8 nitrogen and oxygen atoms in total. The van der Waals surface area contributed by atoms with Crippen molar-refractivity contribution in [3.63, 3.8) is 0 Å². The average Bonchev–Trinajstić information content (AvgIpc) is 3.15. The zero-order valence-corrected chi connectivity index (χ0v) is 14.8. The number of rotatable bonds is 7. The summed E-state index contributed by atoms with van der Waals surface area (Å²) in [5, 5.41) is 11.9. The fraction of sp³-hybridized carbons (Fsp3) is 0.316. The predicted octanol–water partition coefficient (Wildman–Crippen LogP) is 2.35. The first-order chi connectivity index (χ1) is 13.0. The van der Waals surface area contributed by atoms with Crippen LogP contribution in [0.4, 0.5) is 5.69 Å². The first-order valence-electron chi connectivity index (χ1n) is 8.43. The van der Waals surface area contributed by atoms with E-state index in [-0.39, 0.29) is 18.3 Å². The average molecular weight is 372 g/mol. The maximum Gasteiger partial charge on any atom is 0.335 e. The Kier molecular flexibility index (Phi) is 6.00. The van der Waals surface area contributed by atoms with Gasteiger partial charge in [-0.1, -0.05) is 0 Å². The molecule has 2 heterocycles. The molecule has 0 bridgehead atoms. The van der Waals surface area contributed by atoms with Gasteiger partial charge in [-0.2, -0.15) is 0 Å². The van der Waals surface area contributed by atoms with E-state index in [1.54, 1.807) is 18.2 Å². The molecule has 0 saturated carbocycles. The molecule has 142 valence electrons. The molecule has 0 radical (unpaired) electrons. The number of nitrogens with zero attached hydrogens (tertiary/aromatic N) is 1. The van der Waals surface area contributed by atoms with Crippen molar-refractivity contribution in [3.05, 3.63) is 53.2 Å². The quantitative estimate of drug-likeness (QED) is 0.768. The summed E-state index contributed by atoms with van der Waals surface area (Å²) in [6.07, 6.45) is 2.20. The van der Waals surface area contributed by atoms with E-state index < -0.39 is 11.9 Å². The molecule has 1 amide bonds. The molecule has 1 unspecified atom stereocenters. The highest BCUT2D eigenvalue weighted by Gasteiger charge is 2.18. The number of aromatic nitrogens is 1. The van der Waals surface area contributed by atoms with Crippen LogP contribution in [0.25, 0.3) is 0 Å². The molecule has 1 aliphatic rings. The largest absolute Gasteiger partial charge is 0.478 e. The Hall–Kier alpha value is -2.97. The van der Waals surface area contributed by atoms with Gasteiger partial charge in [0.25, 0.3) is 5.91 Å². The number of methoxy groups -OCH3 is 1. The van der Waals surface area contributed by atoms with Gasteiger partial charge < -0.3 is 24.6 Å². The van der Waals surface area contributed by atoms with Gasteiger partial charge >= 0.3 is 5.97 Å². The summed E-state index contributed by atoms with van der Waals surface area (Å²) in [5.41, 5.74) is 1.44. The number of pyridine rings is 1. The van der Waals surface area contributed by atoms with Gasteiger partial charge in [0, 0.05) is 37.0 Å². The first kappa shape index (κ1) is 18.8. The van der Waals surface area contributed by atoms with Crippen molar-refractivity contribution < 1.29 is 28.9 Å². The molecule has 2 aromatic rings. The van der Waals surface area contributed by atoms with Crippen molar-refractivity contribution in [1.29, 1.82) is 0 Å². The Balaban J connectivity index is 1.75. The number of aromatic carboxylic acids is 1. The second-order valence-corrected chi connectivity index (χ2v) is 6.10. The van der Waals surface area contributed by atoms with Gasteiger partial charge in [-0.25, -0.2) is 9.78 Å². The fourth-order valence-electron chi connectivity index (χ4n) is 2.73. The number of nitrogens with one attached hydrogen (secondary N) is 1. The highest BCUT2D eigenvalue weighted by Crippen LogP contribution is 2.19. The highest BCUT2D eigenvalue weighted by atomic mass is 16.5. The molecule has 1 fully saturated rings. The van der Waals surface area contributed by atoms with Crippen LogP contribution < -0.4 is 10.1 Å². The summed E-state index contributed by atoms with van der Waals surface area (Å²) in [6.45, 7) is 1.39. The number of ether oxygens (including phenoxy) is 3. The topological polar surface area (TPSA) is 107 Å². The standard InChI is InChI=1S/C19H20N2O6/c1-25-10-12-6-14(19(23)24)8-15(7-12)21-18(22)13-2-4-20-17(9-13)27-16-3-5-26-11-16/h2,4,6-9,16H,3,5,10-11H2,1H3,(H,21,22)(H,23,24). The Morgan fingerprint density at radius 3 is 2.85 bits per heavy atom. The number of amides is 1. The van der Waals surface area contributed by atoms with Crippen LogP contribution in [0.15, 0.2) is 36.5 Å². The van der Waals surface area contributed by atoms with Gasteiger partial charge in [0.05, 0.1) is 25.4 Å². The van der Waals surface area contributed by atoms with E-state index in [1.807, 2.05) is 0 Å². The van der Waals surface area contributed by atoms with Crippen molar-refractivity contribution in [2.24, 2.45) is 0 Å². The highest BCUT2D eigenvalue weighted by molar-refractivity contribution is 6.05. The molecular weight excluding hydrogens is 352 g/mol. The molecule has 0 spiro atoms. The summed E-state index contributed by atoms with van der Waals surface area (Å²) in [6, 6.07) is 7.68. The lowest BCUT2D eigenvalue weighted by atomic mass is 10.1. The lowest BCUT2D eigenvalue weighted by Gasteiger charge is -2.12. The van der Waals surface area contributed by atoms with E-state index in [1.165, 1.54) is 25.4 Å². The van der Waals surface area contributed by atoms with Gasteiger partial charge in [-0.3, -0.25) is 4.79 Å². The number of anilines is 1. The van der Waals surface area contributed by atoms with Crippen LogP contribution in [-0.2, 0) is 16.1 Å². The minimum atomic E-state index is -1.08. The molecule has 8 heteroatoms. The third-order valence-electron chi connectivity index (χ3n) is 3.98. The van der Waals surface area contributed by atoms with Crippen molar-refractivity contribution >= 4 is 17.6 Å². The van der Waals surface area contributed by atoms with Crippen LogP contribution in [-0.4, -0.2) is 48.4 Å². The molecule has 1 aromatic heterocycles. The molecule has 3 rings (SSSR count). The number of hydrogen-bond acceptors (Lipinski definition) is 6. The van der Waals surface area contributed by atoms with Crippen molar-refractivity contribution in [2.45, 2.75) is 19.1 Å². The van der Waals surface area contributed by atoms with Crippen molar-refractivity contribution in [1.82, 2.24) is 4.98 Å². The summed E-state index contributed by atoms with van der Waals surface area (Å²) >= 11 is 0. The van der Waals surface area contributed by atoms with Gasteiger partial charge in [0.15, 0.2) is 0 Å². The number of carbonyl (C=O) groups is 2. The van der Waals surface area contributed by atoms with Crippen LogP contribution in [0.2, 0.25) is 0 Å². The second kappa shape index (κ2) is 8.61. The number of carbonyl (C=O) groups excluding carboxylic acids is 1. The second-order valence-electron chi connectivity index (χ2n) is 6.10. The van der Waals surface area contributed by atoms with E-state index in [2.05, 4.69) is 10.3 Å². The maximum atomic E-state index is 12.6. The monoisotopic (exact) mass is 372 g/mol. The number of hydrogen-bond donors (Lipinski definition) is 2. The Morgan fingerprint density at radius 2 is 2.15 bits per heavy atom. The maximum absolute atomic E-state index is 12.6. The van der Waals surface area contributed by atoms with Crippen molar-refractivity contribution in [3.8, 4) is 5.88 Å². The summed E-state index contributed by atoms with van der Waals surface area (Å²) < 4.78 is 16.0. The summed E-state index contributed by atoms with van der Waals surface area (Å²) in [7, 11) is 1.51. The van der Waals surface area contributed by atoms with Gasteiger partial charge in [-0.15, -0.1) is 0 Å². The smallest absolute Gasteiger partial charge is 0.335 e. The van der Waals surface area contributed by atoms with Crippen LogP contribution in [0, 0.1) is 0 Å². The summed E-state index contributed by atoms with van der Waals surface area (Å²) in [4.78, 5) is 28.0. The van der Waals surface area contributed by atoms with E-state index in [4.69, 9.17) is 14.2 Å². The molecule has 0 aliphatic carbocycles. The van der Waals surface area contributed by atoms with Crippen LogP contribution >= 0.6 is 0 Å². The van der Waals surface area contributed by atoms with Gasteiger partial charge in [0.1, 0.15) is 6.10 Å². The number of carboxylic acid groups (broad SMARTS) is 1. The number of carboxylic acids is 1. The van der Waals surface area contributed by atoms with Crippen LogP contribution in [0.3, 0.4) is 0 Å². The lowest BCUT2D eigenvalue weighted by Crippen LogP contribution is -2.17.